The van der Waals surface area contributed by atoms with Crippen LogP contribution in [0.25, 0.3) is 0 Å². The second kappa shape index (κ2) is 7.30. The van der Waals surface area contributed by atoms with Gasteiger partial charge in [-0.3, -0.25) is 9.59 Å². The van der Waals surface area contributed by atoms with Crippen LogP contribution in [0.1, 0.15) is 15.9 Å². The zero-order valence-corrected chi connectivity index (χ0v) is 12.4. The molecule has 0 saturated heterocycles. The molecule has 2 amide bonds. The monoisotopic (exact) mass is 312 g/mol. The van der Waals surface area contributed by atoms with Crippen LogP contribution in [0.5, 0.6) is 0 Å². The smallest absolute Gasteiger partial charge is 0.255 e. The predicted octanol–water partition coefficient (Wildman–Crippen LogP) is 3.10. The second-order valence-electron chi connectivity index (χ2n) is 4.44. The Morgan fingerprint density at radius 1 is 1.05 bits per heavy atom. The molecule has 0 spiro atoms. The number of hydrogen-bond acceptors (Lipinski definition) is 2. The molecule has 2 rings (SSSR count). The van der Waals surface area contributed by atoms with Gasteiger partial charge in [-0.15, -0.1) is 18.0 Å². The molecule has 0 aliphatic carbocycles. The molecule has 0 aromatic heterocycles. The van der Waals surface area contributed by atoms with E-state index < -0.39 is 0 Å². The van der Waals surface area contributed by atoms with Crippen molar-refractivity contribution in [1.82, 2.24) is 0 Å². The molecule has 0 heterocycles. The highest BCUT2D eigenvalue weighted by atomic mass is 35.5. The van der Waals surface area contributed by atoms with Crippen LogP contribution in [0.2, 0.25) is 0 Å². The number of terminal acetylenes is 1. The molecule has 110 valence electrons. The van der Waals surface area contributed by atoms with Crippen LogP contribution in [0.15, 0.2) is 48.5 Å². The molecule has 2 N–H and O–H groups in total. The summed E-state index contributed by atoms with van der Waals surface area (Å²) >= 11 is 5.41. The van der Waals surface area contributed by atoms with Gasteiger partial charge in [0.2, 0.25) is 5.91 Å². The lowest BCUT2D eigenvalue weighted by Gasteiger charge is -2.07. The Labute approximate surface area is 133 Å². The van der Waals surface area contributed by atoms with Crippen molar-refractivity contribution < 1.29 is 9.59 Å². The quantitative estimate of drug-likeness (QED) is 0.673. The molecule has 0 aliphatic rings. The van der Waals surface area contributed by atoms with Gasteiger partial charge in [0.05, 0.1) is 0 Å². The fraction of sp³-hybridized carbons (Fsp3) is 0.0588. The number of hydrogen-bond donors (Lipinski definition) is 2. The van der Waals surface area contributed by atoms with Crippen LogP contribution in [0.3, 0.4) is 0 Å². The van der Waals surface area contributed by atoms with Gasteiger partial charge >= 0.3 is 0 Å². The summed E-state index contributed by atoms with van der Waals surface area (Å²) in [5.41, 5.74) is 2.36. The van der Waals surface area contributed by atoms with Crippen molar-refractivity contribution in [2.75, 3.05) is 16.5 Å². The summed E-state index contributed by atoms with van der Waals surface area (Å²) in [6.07, 6.45) is 5.32. The van der Waals surface area contributed by atoms with Gasteiger partial charge in [0.15, 0.2) is 0 Å². The number of halogens is 1. The third kappa shape index (κ3) is 4.11. The van der Waals surface area contributed by atoms with Crippen molar-refractivity contribution in [3.05, 3.63) is 59.7 Å². The summed E-state index contributed by atoms with van der Waals surface area (Å²) in [5, 5.41) is 5.36. The van der Waals surface area contributed by atoms with Crippen LogP contribution in [0, 0.1) is 12.3 Å². The first kappa shape index (κ1) is 15.6. The summed E-state index contributed by atoms with van der Waals surface area (Å²) < 4.78 is 0. The SMILES string of the molecule is C#Cc1cccc(NC(=O)c2ccc(NC(=O)CCl)cc2)c1. The van der Waals surface area contributed by atoms with E-state index >= 15 is 0 Å². The first-order chi connectivity index (χ1) is 10.6. The zero-order valence-electron chi connectivity index (χ0n) is 11.6. The average molecular weight is 313 g/mol. The van der Waals surface area contributed by atoms with Crippen molar-refractivity contribution in [2.45, 2.75) is 0 Å². The molecule has 5 heteroatoms. The standard InChI is InChI=1S/C17H13ClN2O2/c1-2-12-4-3-5-15(10-12)20-17(22)13-6-8-14(9-7-13)19-16(21)11-18/h1,3-10H,11H2,(H,19,21)(H,20,22). The van der Waals surface area contributed by atoms with Gasteiger partial charge in [-0.1, -0.05) is 12.0 Å². The number of benzene rings is 2. The first-order valence-electron chi connectivity index (χ1n) is 6.46. The number of rotatable bonds is 4. The Morgan fingerprint density at radius 3 is 2.41 bits per heavy atom. The Hall–Kier alpha value is -2.77. The minimum atomic E-state index is -0.301. The minimum Gasteiger partial charge on any atom is -0.325 e. The van der Waals surface area contributed by atoms with Crippen molar-refractivity contribution in [3.63, 3.8) is 0 Å². The van der Waals surface area contributed by atoms with Crippen molar-refractivity contribution in [1.29, 1.82) is 0 Å². The minimum absolute atomic E-state index is 0.117. The summed E-state index contributed by atoms with van der Waals surface area (Å²) in [5.74, 6) is 1.83. The summed E-state index contributed by atoms with van der Waals surface area (Å²) in [6, 6.07) is 13.5. The van der Waals surface area contributed by atoms with Crippen molar-refractivity contribution >= 4 is 34.8 Å². The molecule has 4 nitrogen and oxygen atoms in total. The van der Waals surface area contributed by atoms with Gasteiger partial charge in [-0.05, 0) is 42.5 Å². The normalized spacial score (nSPS) is 9.64. The van der Waals surface area contributed by atoms with E-state index in [1.54, 1.807) is 48.5 Å². The molecule has 0 fully saturated rings. The van der Waals surface area contributed by atoms with Gasteiger partial charge in [0, 0.05) is 22.5 Å². The maximum absolute atomic E-state index is 12.1. The Bertz CT molecular complexity index is 733. The summed E-state index contributed by atoms with van der Waals surface area (Å²) in [4.78, 5) is 23.3. The third-order valence-electron chi connectivity index (χ3n) is 2.84. The van der Waals surface area contributed by atoms with Gasteiger partial charge < -0.3 is 10.6 Å². The van der Waals surface area contributed by atoms with E-state index in [-0.39, 0.29) is 17.7 Å². The first-order valence-corrected chi connectivity index (χ1v) is 6.99. The van der Waals surface area contributed by atoms with Crippen LogP contribution in [-0.2, 0) is 4.79 Å². The van der Waals surface area contributed by atoms with E-state index in [1.165, 1.54) is 0 Å². The van der Waals surface area contributed by atoms with Gasteiger partial charge in [-0.2, -0.15) is 0 Å². The van der Waals surface area contributed by atoms with Gasteiger partial charge in [0.25, 0.3) is 5.91 Å². The number of carbonyl (C=O) groups is 2. The zero-order chi connectivity index (χ0) is 15.9. The van der Waals surface area contributed by atoms with Crippen LogP contribution in [0.4, 0.5) is 11.4 Å². The number of carbonyl (C=O) groups excluding carboxylic acids is 2. The number of nitrogens with one attached hydrogen (secondary N) is 2. The van der Waals surface area contributed by atoms with Gasteiger partial charge in [-0.25, -0.2) is 0 Å². The maximum Gasteiger partial charge on any atom is 0.255 e. The Morgan fingerprint density at radius 2 is 1.77 bits per heavy atom. The molecule has 0 unspecified atom stereocenters. The Kier molecular flexibility index (Phi) is 5.18. The molecular formula is C17H13ClN2O2. The summed E-state index contributed by atoms with van der Waals surface area (Å²) in [6.45, 7) is 0. The lowest BCUT2D eigenvalue weighted by Crippen LogP contribution is -2.14. The summed E-state index contributed by atoms with van der Waals surface area (Å²) in [7, 11) is 0. The third-order valence-corrected chi connectivity index (χ3v) is 3.08. The molecule has 0 bridgehead atoms. The topological polar surface area (TPSA) is 58.2 Å². The molecular weight excluding hydrogens is 300 g/mol. The van der Waals surface area contributed by atoms with E-state index in [1.807, 2.05) is 0 Å². The highest BCUT2D eigenvalue weighted by Gasteiger charge is 2.07. The fourth-order valence-corrected chi connectivity index (χ4v) is 1.86. The molecule has 0 aliphatic heterocycles. The van der Waals surface area contributed by atoms with Crippen molar-refractivity contribution in [3.8, 4) is 12.3 Å². The van der Waals surface area contributed by atoms with E-state index in [0.717, 1.165) is 0 Å². The second-order valence-corrected chi connectivity index (χ2v) is 4.71. The molecule has 0 saturated carbocycles. The highest BCUT2D eigenvalue weighted by Crippen LogP contribution is 2.14. The van der Waals surface area contributed by atoms with Crippen LogP contribution >= 0.6 is 11.6 Å². The largest absolute Gasteiger partial charge is 0.325 e. The van der Waals surface area contributed by atoms with E-state index in [4.69, 9.17) is 18.0 Å². The average Bonchev–Trinajstić information content (AvgIpc) is 2.55. The molecule has 2 aromatic carbocycles. The number of anilines is 2. The van der Waals surface area contributed by atoms with E-state index in [0.29, 0.717) is 22.5 Å². The molecule has 22 heavy (non-hydrogen) atoms. The molecule has 0 atom stereocenters. The van der Waals surface area contributed by atoms with E-state index in [2.05, 4.69) is 16.6 Å². The lowest BCUT2D eigenvalue weighted by atomic mass is 10.1. The highest BCUT2D eigenvalue weighted by molar-refractivity contribution is 6.29. The number of alkyl halides is 1. The van der Waals surface area contributed by atoms with Crippen molar-refractivity contribution in [2.24, 2.45) is 0 Å². The predicted molar refractivity (Wildman–Crippen MR) is 88.1 cm³/mol. The van der Waals surface area contributed by atoms with E-state index in [9.17, 15) is 9.59 Å². The lowest BCUT2D eigenvalue weighted by molar-refractivity contribution is -0.113. The Balaban J connectivity index is 2.06. The maximum atomic E-state index is 12.1. The number of amides is 2. The molecule has 0 radical (unpaired) electrons. The fourth-order valence-electron chi connectivity index (χ4n) is 1.79. The van der Waals surface area contributed by atoms with Crippen LogP contribution < -0.4 is 10.6 Å². The van der Waals surface area contributed by atoms with Gasteiger partial charge in [0.1, 0.15) is 5.88 Å². The molecule has 2 aromatic rings. The van der Waals surface area contributed by atoms with Crippen LogP contribution in [-0.4, -0.2) is 17.7 Å².